The standard InChI is InChI=1S/C24H25BrN2O5/c1-4-30-21-13-17(12-20(25)23(21)32-15-22(28)31-5-2)11-19(14-26)24(29)27-16(3)18-9-7-6-8-10-18/h6-13,16H,4-5,15H2,1-3H3,(H,27,29)/b19-11+/t16-/m1/s1. The van der Waals surface area contributed by atoms with Crippen molar-refractivity contribution in [1.82, 2.24) is 5.32 Å². The first-order chi connectivity index (χ1) is 15.4. The minimum absolute atomic E-state index is 0.0534. The van der Waals surface area contributed by atoms with Gasteiger partial charge in [0.15, 0.2) is 18.1 Å². The average Bonchev–Trinajstić information content (AvgIpc) is 2.77. The number of nitrogens with zero attached hydrogens (tertiary/aromatic N) is 1. The van der Waals surface area contributed by atoms with Gasteiger partial charge in [-0.05, 0) is 66.0 Å². The van der Waals surface area contributed by atoms with Gasteiger partial charge in [0.2, 0.25) is 0 Å². The molecule has 1 atom stereocenters. The average molecular weight is 501 g/mol. The molecule has 0 aliphatic heterocycles. The molecule has 8 heteroatoms. The lowest BCUT2D eigenvalue weighted by atomic mass is 10.1. The fourth-order valence-corrected chi connectivity index (χ4v) is 3.40. The van der Waals surface area contributed by atoms with Crippen molar-refractivity contribution >= 4 is 33.9 Å². The first-order valence-electron chi connectivity index (χ1n) is 10.1. The number of carbonyl (C=O) groups is 2. The van der Waals surface area contributed by atoms with E-state index in [1.807, 2.05) is 50.2 Å². The summed E-state index contributed by atoms with van der Waals surface area (Å²) < 4.78 is 16.6. The molecular weight excluding hydrogens is 476 g/mol. The Morgan fingerprint density at radius 3 is 2.50 bits per heavy atom. The number of esters is 1. The maximum Gasteiger partial charge on any atom is 0.344 e. The maximum absolute atomic E-state index is 12.6. The summed E-state index contributed by atoms with van der Waals surface area (Å²) in [7, 11) is 0. The van der Waals surface area contributed by atoms with Crippen LogP contribution in [0.5, 0.6) is 11.5 Å². The largest absolute Gasteiger partial charge is 0.490 e. The van der Waals surface area contributed by atoms with Crippen molar-refractivity contribution in [1.29, 1.82) is 5.26 Å². The van der Waals surface area contributed by atoms with Crippen LogP contribution in [0.15, 0.2) is 52.5 Å². The van der Waals surface area contributed by atoms with Crippen LogP contribution in [0.3, 0.4) is 0 Å². The molecule has 0 aliphatic carbocycles. The molecule has 2 aromatic rings. The third-order valence-corrected chi connectivity index (χ3v) is 4.88. The predicted molar refractivity (Wildman–Crippen MR) is 124 cm³/mol. The second-order valence-corrected chi connectivity index (χ2v) is 7.49. The highest BCUT2D eigenvalue weighted by Gasteiger charge is 2.17. The zero-order valence-corrected chi connectivity index (χ0v) is 19.8. The smallest absolute Gasteiger partial charge is 0.344 e. The summed E-state index contributed by atoms with van der Waals surface area (Å²) in [5.74, 6) is -0.284. The van der Waals surface area contributed by atoms with E-state index in [9.17, 15) is 14.9 Å². The van der Waals surface area contributed by atoms with E-state index in [4.69, 9.17) is 14.2 Å². The van der Waals surface area contributed by atoms with Gasteiger partial charge in [-0.1, -0.05) is 30.3 Å². The molecule has 0 spiro atoms. The van der Waals surface area contributed by atoms with Gasteiger partial charge >= 0.3 is 5.97 Å². The molecule has 2 aromatic carbocycles. The summed E-state index contributed by atoms with van der Waals surface area (Å²) >= 11 is 3.41. The minimum atomic E-state index is -0.498. The first kappa shape index (κ1) is 25.0. The molecule has 0 fully saturated rings. The van der Waals surface area contributed by atoms with E-state index in [2.05, 4.69) is 21.2 Å². The third kappa shape index (κ3) is 7.13. The van der Waals surface area contributed by atoms with Crippen LogP contribution in [0.2, 0.25) is 0 Å². The lowest BCUT2D eigenvalue weighted by Gasteiger charge is -2.15. The van der Waals surface area contributed by atoms with Gasteiger partial charge in [0.05, 0.1) is 23.7 Å². The molecule has 0 aliphatic rings. The van der Waals surface area contributed by atoms with Crippen molar-refractivity contribution in [2.75, 3.05) is 19.8 Å². The van der Waals surface area contributed by atoms with Crippen molar-refractivity contribution < 1.29 is 23.8 Å². The molecule has 2 rings (SSSR count). The fraction of sp³-hybridized carbons (Fsp3) is 0.292. The van der Waals surface area contributed by atoms with E-state index < -0.39 is 11.9 Å². The number of nitrogens with one attached hydrogen (secondary N) is 1. The summed E-state index contributed by atoms with van der Waals surface area (Å²) in [5, 5.41) is 12.4. The van der Waals surface area contributed by atoms with Crippen molar-refractivity contribution in [3.63, 3.8) is 0 Å². The van der Waals surface area contributed by atoms with Crippen molar-refractivity contribution in [2.24, 2.45) is 0 Å². The normalized spacial score (nSPS) is 11.8. The molecule has 1 amide bonds. The summed E-state index contributed by atoms with van der Waals surface area (Å²) in [5.41, 5.74) is 1.44. The van der Waals surface area contributed by atoms with Crippen LogP contribution in [0.1, 0.15) is 37.9 Å². The van der Waals surface area contributed by atoms with Gasteiger partial charge in [-0.15, -0.1) is 0 Å². The number of rotatable bonds is 10. The number of halogens is 1. The van der Waals surface area contributed by atoms with Crippen LogP contribution in [0.4, 0.5) is 0 Å². The summed E-state index contributed by atoms with van der Waals surface area (Å²) in [6, 6.07) is 14.5. The number of amides is 1. The SMILES string of the molecule is CCOC(=O)COc1c(Br)cc(/C=C(\C#N)C(=O)N[C@H](C)c2ccccc2)cc1OCC. The second-order valence-electron chi connectivity index (χ2n) is 6.63. The minimum Gasteiger partial charge on any atom is -0.490 e. The van der Waals surface area contributed by atoms with Gasteiger partial charge in [0.25, 0.3) is 5.91 Å². The van der Waals surface area contributed by atoms with Crippen molar-refractivity contribution in [3.8, 4) is 17.6 Å². The van der Waals surface area contributed by atoms with Gasteiger partial charge in [0, 0.05) is 0 Å². The van der Waals surface area contributed by atoms with E-state index in [-0.39, 0.29) is 24.8 Å². The molecule has 7 nitrogen and oxygen atoms in total. The Kier molecular flexibility index (Phi) is 9.76. The van der Waals surface area contributed by atoms with Gasteiger partial charge < -0.3 is 19.5 Å². The Morgan fingerprint density at radius 2 is 1.88 bits per heavy atom. The number of hydrogen-bond acceptors (Lipinski definition) is 6. The van der Waals surface area contributed by atoms with Gasteiger partial charge in [0.1, 0.15) is 11.6 Å². The van der Waals surface area contributed by atoms with Gasteiger partial charge in [-0.3, -0.25) is 4.79 Å². The molecule has 0 radical (unpaired) electrons. The van der Waals surface area contributed by atoms with Crippen molar-refractivity contribution in [2.45, 2.75) is 26.8 Å². The highest BCUT2D eigenvalue weighted by atomic mass is 79.9. The molecule has 0 saturated carbocycles. The van der Waals surface area contributed by atoms with Crippen LogP contribution in [-0.4, -0.2) is 31.7 Å². The lowest BCUT2D eigenvalue weighted by Crippen LogP contribution is -2.27. The van der Waals surface area contributed by atoms with Gasteiger partial charge in [-0.25, -0.2) is 4.79 Å². The number of hydrogen-bond donors (Lipinski definition) is 1. The Balaban J connectivity index is 2.25. The van der Waals surface area contributed by atoms with Gasteiger partial charge in [-0.2, -0.15) is 5.26 Å². The molecule has 0 aromatic heterocycles. The molecular formula is C24H25BrN2O5. The van der Waals surface area contributed by atoms with Crippen LogP contribution in [0.25, 0.3) is 6.08 Å². The molecule has 168 valence electrons. The number of benzene rings is 2. The quantitative estimate of drug-likeness (QED) is 0.291. The Morgan fingerprint density at radius 1 is 1.16 bits per heavy atom. The summed E-state index contributed by atoms with van der Waals surface area (Å²) in [6.45, 7) is 5.71. The maximum atomic E-state index is 12.6. The van der Waals surface area contributed by atoms with Crippen LogP contribution < -0.4 is 14.8 Å². The van der Waals surface area contributed by atoms with Crippen LogP contribution in [-0.2, 0) is 14.3 Å². The van der Waals surface area contributed by atoms with E-state index >= 15 is 0 Å². The monoisotopic (exact) mass is 500 g/mol. The summed E-state index contributed by atoms with van der Waals surface area (Å²) in [4.78, 5) is 24.3. The highest BCUT2D eigenvalue weighted by molar-refractivity contribution is 9.10. The van der Waals surface area contributed by atoms with Crippen LogP contribution >= 0.6 is 15.9 Å². The molecule has 0 heterocycles. The Hall–Kier alpha value is -3.31. The van der Waals surface area contributed by atoms with E-state index in [1.165, 1.54) is 6.08 Å². The molecule has 0 saturated heterocycles. The summed E-state index contributed by atoms with van der Waals surface area (Å²) in [6.07, 6.45) is 1.47. The lowest BCUT2D eigenvalue weighted by molar-refractivity contribution is -0.145. The topological polar surface area (TPSA) is 97.7 Å². The number of nitriles is 1. The first-order valence-corrected chi connectivity index (χ1v) is 10.9. The molecule has 32 heavy (non-hydrogen) atoms. The molecule has 0 bridgehead atoms. The van der Waals surface area contributed by atoms with E-state index in [0.717, 1.165) is 5.56 Å². The Labute approximate surface area is 196 Å². The van der Waals surface area contributed by atoms with E-state index in [0.29, 0.717) is 28.1 Å². The third-order valence-electron chi connectivity index (χ3n) is 4.29. The second kappa shape index (κ2) is 12.5. The Bertz CT molecular complexity index is 1020. The zero-order valence-electron chi connectivity index (χ0n) is 18.2. The highest BCUT2D eigenvalue weighted by Crippen LogP contribution is 2.37. The molecule has 0 unspecified atom stereocenters. The number of carbonyl (C=O) groups excluding carboxylic acids is 2. The van der Waals surface area contributed by atoms with E-state index in [1.54, 1.807) is 19.1 Å². The van der Waals surface area contributed by atoms with Crippen LogP contribution in [0, 0.1) is 11.3 Å². The zero-order chi connectivity index (χ0) is 23.5. The fourth-order valence-electron chi connectivity index (χ4n) is 2.82. The van der Waals surface area contributed by atoms with Crippen molar-refractivity contribution in [3.05, 3.63) is 63.6 Å². The molecule has 1 N–H and O–H groups in total. The number of ether oxygens (including phenoxy) is 3. The predicted octanol–water partition coefficient (Wildman–Crippen LogP) is 4.57.